The molecule has 0 radical (unpaired) electrons. The molecule has 3 rings (SSSR count). The summed E-state index contributed by atoms with van der Waals surface area (Å²) in [6.07, 6.45) is 0.889. The van der Waals surface area contributed by atoms with E-state index in [0.717, 1.165) is 25.1 Å². The van der Waals surface area contributed by atoms with Crippen molar-refractivity contribution in [3.05, 3.63) is 34.3 Å². The van der Waals surface area contributed by atoms with Crippen molar-refractivity contribution in [2.24, 2.45) is 5.92 Å². The molecule has 2 heterocycles. The monoisotopic (exact) mass is 261 g/mol. The molecule has 0 bridgehead atoms. The molecule has 0 aliphatic carbocycles. The summed E-state index contributed by atoms with van der Waals surface area (Å²) in [5, 5.41) is 6.08. The van der Waals surface area contributed by atoms with Gasteiger partial charge in [0.25, 0.3) is 0 Å². The fourth-order valence-corrected chi connectivity index (χ4v) is 2.32. The maximum Gasteiger partial charge on any atom is 0.417 e. The van der Waals surface area contributed by atoms with Crippen molar-refractivity contribution < 1.29 is 9.21 Å². The van der Waals surface area contributed by atoms with E-state index >= 15 is 0 Å². The molecule has 1 unspecified atom stereocenters. The molecule has 1 amide bonds. The Morgan fingerprint density at radius 1 is 1.47 bits per heavy atom. The van der Waals surface area contributed by atoms with Crippen LogP contribution < -0.4 is 16.4 Å². The van der Waals surface area contributed by atoms with E-state index in [1.165, 1.54) is 0 Å². The zero-order valence-electron chi connectivity index (χ0n) is 10.4. The van der Waals surface area contributed by atoms with Gasteiger partial charge >= 0.3 is 5.76 Å². The van der Waals surface area contributed by atoms with E-state index in [9.17, 15) is 9.59 Å². The van der Waals surface area contributed by atoms with Gasteiger partial charge in [-0.3, -0.25) is 9.78 Å². The van der Waals surface area contributed by atoms with E-state index in [1.807, 2.05) is 12.1 Å². The van der Waals surface area contributed by atoms with Gasteiger partial charge in [0.05, 0.1) is 11.4 Å². The Hall–Kier alpha value is -2.08. The summed E-state index contributed by atoms with van der Waals surface area (Å²) in [5.41, 5.74) is 2.11. The fraction of sp³-hybridized carbons (Fsp3) is 0.385. The molecule has 2 aromatic rings. The van der Waals surface area contributed by atoms with Gasteiger partial charge in [0.1, 0.15) is 0 Å². The van der Waals surface area contributed by atoms with E-state index in [2.05, 4.69) is 15.6 Å². The molecule has 1 aromatic heterocycles. The molecule has 100 valence electrons. The number of hydrogen-bond donors (Lipinski definition) is 3. The van der Waals surface area contributed by atoms with Crippen molar-refractivity contribution in [3.63, 3.8) is 0 Å². The topological polar surface area (TPSA) is 87.1 Å². The predicted molar refractivity (Wildman–Crippen MR) is 69.7 cm³/mol. The summed E-state index contributed by atoms with van der Waals surface area (Å²) < 4.78 is 4.92. The third-order valence-corrected chi connectivity index (χ3v) is 3.38. The Morgan fingerprint density at radius 3 is 3.16 bits per heavy atom. The number of carbonyl (C=O) groups excluding carboxylic acids is 1. The number of rotatable bonds is 3. The Kier molecular flexibility index (Phi) is 3.08. The van der Waals surface area contributed by atoms with Gasteiger partial charge in [-0.1, -0.05) is 6.07 Å². The van der Waals surface area contributed by atoms with Gasteiger partial charge in [-0.15, -0.1) is 0 Å². The lowest BCUT2D eigenvalue weighted by Gasteiger charge is -2.09. The van der Waals surface area contributed by atoms with Gasteiger partial charge in [-0.2, -0.15) is 0 Å². The van der Waals surface area contributed by atoms with Gasteiger partial charge in [0.15, 0.2) is 5.58 Å². The molecule has 1 saturated heterocycles. The van der Waals surface area contributed by atoms with Crippen LogP contribution >= 0.6 is 0 Å². The van der Waals surface area contributed by atoms with Crippen molar-refractivity contribution in [2.75, 3.05) is 13.1 Å². The minimum Gasteiger partial charge on any atom is -0.408 e. The minimum absolute atomic E-state index is 0.0671. The van der Waals surface area contributed by atoms with Crippen LogP contribution in [0.3, 0.4) is 0 Å². The molecule has 0 spiro atoms. The summed E-state index contributed by atoms with van der Waals surface area (Å²) in [4.78, 5) is 25.5. The Labute approximate surface area is 109 Å². The molecule has 1 fully saturated rings. The van der Waals surface area contributed by atoms with Crippen molar-refractivity contribution in [1.82, 2.24) is 15.6 Å². The second-order valence-electron chi connectivity index (χ2n) is 4.75. The van der Waals surface area contributed by atoms with E-state index in [0.29, 0.717) is 17.6 Å². The molecule has 6 heteroatoms. The molecular formula is C13H15N3O3. The number of fused-ring (bicyclic) bond motifs is 1. The number of amides is 1. The maximum absolute atomic E-state index is 11.9. The highest BCUT2D eigenvalue weighted by Gasteiger charge is 2.21. The van der Waals surface area contributed by atoms with E-state index in [4.69, 9.17) is 4.42 Å². The van der Waals surface area contributed by atoms with Crippen LogP contribution in [0.15, 0.2) is 27.4 Å². The van der Waals surface area contributed by atoms with E-state index < -0.39 is 5.76 Å². The molecular weight excluding hydrogens is 246 g/mol. The largest absolute Gasteiger partial charge is 0.417 e. The van der Waals surface area contributed by atoms with Crippen LogP contribution in [0.2, 0.25) is 0 Å². The molecule has 1 aliphatic rings. The summed E-state index contributed by atoms with van der Waals surface area (Å²) in [7, 11) is 0. The SMILES string of the molecule is O=C(NCc1ccc2oc(=O)[nH]c2c1)C1CCNC1. The highest BCUT2D eigenvalue weighted by molar-refractivity contribution is 5.79. The van der Waals surface area contributed by atoms with Crippen LogP contribution in [-0.2, 0) is 11.3 Å². The highest BCUT2D eigenvalue weighted by atomic mass is 16.4. The van der Waals surface area contributed by atoms with Gasteiger partial charge in [-0.05, 0) is 30.7 Å². The second kappa shape index (κ2) is 4.89. The van der Waals surface area contributed by atoms with Crippen molar-refractivity contribution in [3.8, 4) is 0 Å². The molecule has 0 saturated carbocycles. The summed E-state index contributed by atoms with van der Waals surface area (Å²) in [6, 6.07) is 5.38. The van der Waals surface area contributed by atoms with Crippen LogP contribution in [0.1, 0.15) is 12.0 Å². The van der Waals surface area contributed by atoms with E-state index in [1.54, 1.807) is 6.07 Å². The lowest BCUT2D eigenvalue weighted by atomic mass is 10.1. The normalized spacial score (nSPS) is 18.8. The first kappa shape index (κ1) is 12.0. The van der Waals surface area contributed by atoms with Crippen molar-refractivity contribution in [2.45, 2.75) is 13.0 Å². The first-order valence-corrected chi connectivity index (χ1v) is 6.32. The third-order valence-electron chi connectivity index (χ3n) is 3.38. The Morgan fingerprint density at radius 2 is 2.37 bits per heavy atom. The van der Waals surface area contributed by atoms with Gasteiger partial charge in [0, 0.05) is 13.1 Å². The zero-order chi connectivity index (χ0) is 13.2. The average molecular weight is 261 g/mol. The summed E-state index contributed by atoms with van der Waals surface area (Å²) in [6.45, 7) is 2.11. The minimum atomic E-state index is -0.465. The number of carbonyl (C=O) groups is 1. The standard InChI is InChI=1S/C13H15N3O3/c17-12(9-3-4-14-7-9)15-6-8-1-2-11-10(5-8)16-13(18)19-11/h1-2,5,9,14H,3-4,6-7H2,(H,15,17)(H,16,18). The lowest BCUT2D eigenvalue weighted by Crippen LogP contribution is -2.31. The number of benzene rings is 1. The molecule has 6 nitrogen and oxygen atoms in total. The third kappa shape index (κ3) is 2.53. The molecule has 1 atom stereocenters. The first-order chi connectivity index (χ1) is 9.22. The lowest BCUT2D eigenvalue weighted by molar-refractivity contribution is -0.124. The van der Waals surface area contributed by atoms with Gasteiger partial charge in [0.2, 0.25) is 5.91 Å². The van der Waals surface area contributed by atoms with Crippen LogP contribution in [0.25, 0.3) is 11.1 Å². The number of aromatic nitrogens is 1. The number of nitrogens with one attached hydrogen (secondary N) is 3. The van der Waals surface area contributed by atoms with Gasteiger partial charge in [-0.25, -0.2) is 4.79 Å². The molecule has 19 heavy (non-hydrogen) atoms. The van der Waals surface area contributed by atoms with Crippen LogP contribution in [0, 0.1) is 5.92 Å². The highest BCUT2D eigenvalue weighted by Crippen LogP contribution is 2.13. The quantitative estimate of drug-likeness (QED) is 0.744. The Bertz CT molecular complexity index is 652. The number of oxazole rings is 1. The fourth-order valence-electron chi connectivity index (χ4n) is 2.32. The Balaban J connectivity index is 1.67. The van der Waals surface area contributed by atoms with Crippen LogP contribution in [0.4, 0.5) is 0 Å². The summed E-state index contributed by atoms with van der Waals surface area (Å²) in [5.74, 6) is -0.323. The molecule has 3 N–H and O–H groups in total. The zero-order valence-corrected chi connectivity index (χ0v) is 10.4. The van der Waals surface area contributed by atoms with Crippen molar-refractivity contribution >= 4 is 17.0 Å². The number of hydrogen-bond acceptors (Lipinski definition) is 4. The number of H-pyrrole nitrogens is 1. The second-order valence-corrected chi connectivity index (χ2v) is 4.75. The molecule has 1 aromatic carbocycles. The first-order valence-electron chi connectivity index (χ1n) is 6.32. The number of aromatic amines is 1. The molecule has 1 aliphatic heterocycles. The summed E-state index contributed by atoms with van der Waals surface area (Å²) >= 11 is 0. The van der Waals surface area contributed by atoms with Crippen LogP contribution in [-0.4, -0.2) is 24.0 Å². The smallest absolute Gasteiger partial charge is 0.408 e. The predicted octanol–water partition coefficient (Wildman–Crippen LogP) is 0.347. The maximum atomic E-state index is 11.9. The van der Waals surface area contributed by atoms with Gasteiger partial charge < -0.3 is 15.1 Å². The average Bonchev–Trinajstić information content (AvgIpc) is 3.03. The van der Waals surface area contributed by atoms with Crippen LogP contribution in [0.5, 0.6) is 0 Å². The van der Waals surface area contributed by atoms with Crippen molar-refractivity contribution in [1.29, 1.82) is 0 Å². The van der Waals surface area contributed by atoms with E-state index in [-0.39, 0.29) is 11.8 Å².